The van der Waals surface area contributed by atoms with E-state index in [9.17, 15) is 18.0 Å². The zero-order chi connectivity index (χ0) is 29.7. The van der Waals surface area contributed by atoms with Crippen molar-refractivity contribution in [3.05, 3.63) is 94.5 Å². The van der Waals surface area contributed by atoms with Crippen LogP contribution < -0.4 is 9.62 Å². The van der Waals surface area contributed by atoms with Gasteiger partial charge in [0.15, 0.2) is 0 Å². The molecule has 1 atom stereocenters. The fourth-order valence-electron chi connectivity index (χ4n) is 4.26. The van der Waals surface area contributed by atoms with Gasteiger partial charge in [-0.15, -0.1) is 0 Å². The molecule has 0 aliphatic carbocycles. The maximum absolute atomic E-state index is 14.1. The van der Waals surface area contributed by atoms with E-state index in [4.69, 9.17) is 11.6 Å². The number of benzene rings is 3. The van der Waals surface area contributed by atoms with Gasteiger partial charge in [0.25, 0.3) is 10.0 Å². The van der Waals surface area contributed by atoms with Gasteiger partial charge in [0.2, 0.25) is 11.8 Å². The van der Waals surface area contributed by atoms with Gasteiger partial charge in [-0.2, -0.15) is 0 Å². The topological polar surface area (TPSA) is 86.8 Å². The van der Waals surface area contributed by atoms with Crippen LogP contribution in [0.25, 0.3) is 0 Å². The van der Waals surface area contributed by atoms with Crippen LogP contribution in [0, 0.1) is 13.8 Å². The van der Waals surface area contributed by atoms with Gasteiger partial charge >= 0.3 is 0 Å². The van der Waals surface area contributed by atoms with E-state index >= 15 is 0 Å². The van der Waals surface area contributed by atoms with Crippen molar-refractivity contribution in [1.82, 2.24) is 10.2 Å². The molecule has 3 aromatic carbocycles. The van der Waals surface area contributed by atoms with Gasteiger partial charge in [-0.3, -0.25) is 13.9 Å². The van der Waals surface area contributed by atoms with Gasteiger partial charge in [0, 0.05) is 17.1 Å². The van der Waals surface area contributed by atoms with Crippen LogP contribution in [0.5, 0.6) is 0 Å². The average Bonchev–Trinajstić information content (AvgIpc) is 2.87. The first-order valence-corrected chi connectivity index (χ1v) is 15.0. The Morgan fingerprint density at radius 2 is 1.50 bits per heavy atom. The summed E-state index contributed by atoms with van der Waals surface area (Å²) in [5.74, 6) is -0.807. The molecule has 0 aliphatic rings. The van der Waals surface area contributed by atoms with Crippen LogP contribution >= 0.6 is 11.6 Å². The Hall–Kier alpha value is -3.36. The Balaban J connectivity index is 2.07. The number of carbonyl (C=O) groups excluding carboxylic acids is 2. The van der Waals surface area contributed by atoms with Crippen LogP contribution in [0.15, 0.2) is 77.7 Å². The van der Waals surface area contributed by atoms with E-state index in [0.29, 0.717) is 11.4 Å². The van der Waals surface area contributed by atoms with Crippen LogP contribution in [0.3, 0.4) is 0 Å². The van der Waals surface area contributed by atoms with Crippen LogP contribution in [0.1, 0.15) is 50.8 Å². The molecule has 0 saturated carbocycles. The highest BCUT2D eigenvalue weighted by Crippen LogP contribution is 2.27. The molecule has 0 saturated heterocycles. The second-order valence-corrected chi connectivity index (χ2v) is 13.3. The number of nitrogens with one attached hydrogen (secondary N) is 1. The fraction of sp³-hybridized carbons (Fsp3) is 0.355. The van der Waals surface area contributed by atoms with E-state index in [0.717, 1.165) is 21.0 Å². The van der Waals surface area contributed by atoms with Crippen molar-refractivity contribution < 1.29 is 18.0 Å². The third-order valence-corrected chi connectivity index (χ3v) is 8.36. The normalized spacial score (nSPS) is 12.5. The van der Waals surface area contributed by atoms with Crippen molar-refractivity contribution in [3.8, 4) is 0 Å². The molecule has 2 amide bonds. The lowest BCUT2D eigenvalue weighted by Gasteiger charge is -2.34. The lowest BCUT2D eigenvalue weighted by molar-refractivity contribution is -0.141. The van der Waals surface area contributed by atoms with E-state index in [-0.39, 0.29) is 23.0 Å². The molecule has 0 heterocycles. The molecule has 0 radical (unpaired) electrons. The predicted octanol–water partition coefficient (Wildman–Crippen LogP) is 5.87. The molecular weight excluding hydrogens is 546 g/mol. The molecule has 0 bridgehead atoms. The van der Waals surface area contributed by atoms with E-state index in [1.807, 2.05) is 65.8 Å². The molecule has 1 N–H and O–H groups in total. The van der Waals surface area contributed by atoms with Gasteiger partial charge in [-0.05, 0) is 76.9 Å². The number of carbonyl (C=O) groups is 2. The van der Waals surface area contributed by atoms with Crippen molar-refractivity contribution in [2.75, 3.05) is 10.8 Å². The zero-order valence-corrected chi connectivity index (χ0v) is 25.5. The highest BCUT2D eigenvalue weighted by molar-refractivity contribution is 7.92. The van der Waals surface area contributed by atoms with Gasteiger partial charge in [0.05, 0.1) is 10.6 Å². The molecule has 3 rings (SSSR count). The summed E-state index contributed by atoms with van der Waals surface area (Å²) < 4.78 is 28.9. The molecule has 0 spiro atoms. The number of nitrogens with zero attached hydrogens (tertiary/aromatic N) is 2. The first kappa shape index (κ1) is 31.2. The minimum absolute atomic E-state index is 0.0495. The Bertz CT molecular complexity index is 1430. The number of hydrogen-bond acceptors (Lipinski definition) is 4. The summed E-state index contributed by atoms with van der Waals surface area (Å²) in [6.07, 6.45) is 0.349. The third kappa shape index (κ3) is 8.08. The van der Waals surface area contributed by atoms with Gasteiger partial charge in [0.1, 0.15) is 12.6 Å². The van der Waals surface area contributed by atoms with E-state index in [1.54, 1.807) is 30.3 Å². The fourth-order valence-corrected chi connectivity index (χ4v) is 5.85. The lowest BCUT2D eigenvalue weighted by Crippen LogP contribution is -2.55. The molecule has 9 heteroatoms. The van der Waals surface area contributed by atoms with Crippen molar-refractivity contribution in [2.45, 2.75) is 71.0 Å². The molecule has 40 heavy (non-hydrogen) atoms. The minimum atomic E-state index is -4.15. The lowest BCUT2D eigenvalue weighted by atomic mass is 10.1. The maximum Gasteiger partial charge on any atom is 0.264 e. The number of sulfonamides is 1. The Kier molecular flexibility index (Phi) is 10.0. The highest BCUT2D eigenvalue weighted by atomic mass is 35.5. The molecule has 214 valence electrons. The van der Waals surface area contributed by atoms with E-state index in [2.05, 4.69) is 5.32 Å². The second kappa shape index (κ2) is 12.9. The summed E-state index contributed by atoms with van der Waals surface area (Å²) in [4.78, 5) is 29.0. The average molecular weight is 584 g/mol. The number of anilines is 1. The van der Waals surface area contributed by atoms with Crippen molar-refractivity contribution in [2.24, 2.45) is 0 Å². The number of amides is 2. The van der Waals surface area contributed by atoms with Gasteiger partial charge in [-0.1, -0.05) is 72.1 Å². The van der Waals surface area contributed by atoms with Crippen molar-refractivity contribution in [1.29, 1.82) is 0 Å². The molecule has 0 aliphatic heterocycles. The molecule has 0 fully saturated rings. The smallest absolute Gasteiger partial charge is 0.264 e. The number of hydrogen-bond donors (Lipinski definition) is 1. The molecule has 3 aromatic rings. The Labute approximate surface area is 243 Å². The second-order valence-electron chi connectivity index (χ2n) is 11.0. The minimum Gasteiger partial charge on any atom is -0.350 e. The van der Waals surface area contributed by atoms with E-state index < -0.39 is 34.1 Å². The monoisotopic (exact) mass is 583 g/mol. The van der Waals surface area contributed by atoms with Crippen LogP contribution in [0.4, 0.5) is 5.69 Å². The molecule has 1 unspecified atom stereocenters. The van der Waals surface area contributed by atoms with Gasteiger partial charge < -0.3 is 10.2 Å². The van der Waals surface area contributed by atoms with Crippen molar-refractivity contribution >= 4 is 39.1 Å². The maximum atomic E-state index is 14.1. The zero-order valence-electron chi connectivity index (χ0n) is 23.9. The summed E-state index contributed by atoms with van der Waals surface area (Å²) in [5, 5.41) is 3.31. The molecule has 7 nitrogen and oxygen atoms in total. The number of rotatable bonds is 10. The van der Waals surface area contributed by atoms with Crippen molar-refractivity contribution in [3.63, 3.8) is 0 Å². The summed E-state index contributed by atoms with van der Waals surface area (Å²) in [7, 11) is -4.15. The Morgan fingerprint density at radius 3 is 2.02 bits per heavy atom. The Morgan fingerprint density at radius 1 is 0.925 bits per heavy atom. The molecule has 0 aromatic heterocycles. The van der Waals surface area contributed by atoms with E-state index in [1.165, 1.54) is 23.1 Å². The van der Waals surface area contributed by atoms with Crippen LogP contribution in [-0.2, 0) is 26.2 Å². The number of aryl methyl sites for hydroxylation is 2. The SMILES string of the molecule is CCC(C(=O)NC(C)(C)C)N(Cc1ccc(C)cc1)C(=O)CN(c1cccc(Cl)c1)S(=O)(=O)c1ccc(C)cc1. The summed E-state index contributed by atoms with van der Waals surface area (Å²) in [5.41, 5.74) is 2.55. The summed E-state index contributed by atoms with van der Waals surface area (Å²) >= 11 is 6.23. The van der Waals surface area contributed by atoms with Crippen LogP contribution in [-0.4, -0.2) is 43.3 Å². The third-order valence-electron chi connectivity index (χ3n) is 6.34. The largest absolute Gasteiger partial charge is 0.350 e. The summed E-state index contributed by atoms with van der Waals surface area (Å²) in [6, 6.07) is 19.7. The highest BCUT2D eigenvalue weighted by Gasteiger charge is 2.34. The first-order valence-electron chi connectivity index (χ1n) is 13.2. The number of halogens is 1. The van der Waals surface area contributed by atoms with Crippen LogP contribution in [0.2, 0.25) is 5.02 Å². The van der Waals surface area contributed by atoms with Gasteiger partial charge in [-0.25, -0.2) is 8.42 Å². The summed E-state index contributed by atoms with van der Waals surface area (Å²) in [6.45, 7) is 10.9. The predicted molar refractivity (Wildman–Crippen MR) is 161 cm³/mol. The quantitative estimate of drug-likeness (QED) is 0.323. The first-order chi connectivity index (χ1) is 18.7. The molecular formula is C31H38ClN3O4S. The standard InChI is InChI=1S/C31H38ClN3O4S/c1-7-28(30(37)33-31(4,5)6)34(20-24-15-11-22(2)12-16-24)29(36)21-35(26-10-8-9-25(32)19-26)40(38,39)27-17-13-23(3)14-18-27/h8-19,28H,7,20-21H2,1-6H3,(H,33,37).